The van der Waals surface area contributed by atoms with Gasteiger partial charge in [-0.15, -0.1) is 11.8 Å². The van der Waals surface area contributed by atoms with Crippen molar-refractivity contribution in [1.29, 1.82) is 0 Å². The Balaban J connectivity index is 2.31. The van der Waals surface area contributed by atoms with Gasteiger partial charge in [0.25, 0.3) is 5.91 Å². The number of halogens is 1. The maximum absolute atomic E-state index is 12.8. The minimum absolute atomic E-state index is 0.0296. The molecule has 1 atom stereocenters. The Bertz CT molecular complexity index is 614. The smallest absolute Gasteiger partial charge is 0.319 e. The summed E-state index contributed by atoms with van der Waals surface area (Å²) in [6, 6.07) is 5.38. The summed E-state index contributed by atoms with van der Waals surface area (Å²) in [5.74, 6) is -1.63. The van der Waals surface area contributed by atoms with E-state index in [2.05, 4.69) is 10.6 Å². The molecule has 0 aliphatic heterocycles. The third kappa shape index (κ3) is 9.09. The Hall–Kier alpha value is -2.09. The Kier molecular flexibility index (Phi) is 7.89. The van der Waals surface area contributed by atoms with Crippen LogP contribution in [0.5, 0.6) is 0 Å². The van der Waals surface area contributed by atoms with Crippen LogP contribution in [0.1, 0.15) is 27.7 Å². The number of esters is 1. The summed E-state index contributed by atoms with van der Waals surface area (Å²) in [7, 11) is 0. The number of hydrogen-bond acceptors (Lipinski definition) is 5. The molecule has 0 saturated heterocycles. The first kappa shape index (κ1) is 21.0. The van der Waals surface area contributed by atoms with Gasteiger partial charge in [0.05, 0.1) is 5.75 Å². The lowest BCUT2D eigenvalue weighted by Crippen LogP contribution is -2.43. The van der Waals surface area contributed by atoms with Gasteiger partial charge in [0.15, 0.2) is 6.61 Å². The van der Waals surface area contributed by atoms with Gasteiger partial charge in [-0.05, 0) is 52.0 Å². The van der Waals surface area contributed by atoms with Gasteiger partial charge in [0.2, 0.25) is 5.91 Å². The average molecular weight is 370 g/mol. The van der Waals surface area contributed by atoms with Crippen molar-refractivity contribution in [3.8, 4) is 0 Å². The second-order valence-corrected chi connectivity index (χ2v) is 7.74. The second-order valence-electron chi connectivity index (χ2n) is 6.41. The molecule has 2 N–H and O–H groups in total. The number of anilines is 1. The number of carbonyl (C=O) groups excluding carboxylic acids is 3. The summed E-state index contributed by atoms with van der Waals surface area (Å²) in [5.41, 5.74) is 0.0727. The van der Waals surface area contributed by atoms with Gasteiger partial charge < -0.3 is 15.4 Å². The summed E-state index contributed by atoms with van der Waals surface area (Å²) in [5, 5.41) is 4.68. The van der Waals surface area contributed by atoms with Crippen LogP contribution in [0.2, 0.25) is 0 Å². The summed E-state index contributed by atoms with van der Waals surface area (Å²) < 4.78 is 17.7. The lowest BCUT2D eigenvalue weighted by atomic mass is 10.1. The molecule has 1 aromatic rings. The third-order valence-electron chi connectivity index (χ3n) is 2.78. The predicted molar refractivity (Wildman–Crippen MR) is 95.8 cm³/mol. The highest BCUT2D eigenvalue weighted by molar-refractivity contribution is 8.01. The molecule has 6 nitrogen and oxygen atoms in total. The van der Waals surface area contributed by atoms with E-state index in [-0.39, 0.29) is 30.0 Å². The van der Waals surface area contributed by atoms with E-state index in [0.717, 1.165) is 11.8 Å². The summed E-state index contributed by atoms with van der Waals surface area (Å²) in [4.78, 5) is 35.2. The van der Waals surface area contributed by atoms with Crippen LogP contribution in [0, 0.1) is 5.82 Å². The van der Waals surface area contributed by atoms with Crippen LogP contribution in [-0.2, 0) is 19.1 Å². The summed E-state index contributed by atoms with van der Waals surface area (Å²) in [6.07, 6.45) is 0. The van der Waals surface area contributed by atoms with Crippen LogP contribution in [0.4, 0.5) is 10.1 Å². The molecule has 0 unspecified atom stereocenters. The molecule has 0 spiro atoms. The first-order chi connectivity index (χ1) is 11.6. The molecule has 1 aromatic carbocycles. The number of ether oxygens (including phenoxy) is 1. The number of thioether (sulfide) groups is 1. The van der Waals surface area contributed by atoms with Crippen LogP contribution in [-0.4, -0.2) is 40.9 Å². The molecule has 0 bridgehead atoms. The minimum Gasteiger partial charge on any atom is -0.455 e. The van der Waals surface area contributed by atoms with Crippen LogP contribution < -0.4 is 10.6 Å². The molecule has 0 heterocycles. The molecule has 0 aliphatic rings. The van der Waals surface area contributed by atoms with Gasteiger partial charge >= 0.3 is 5.97 Å². The zero-order valence-corrected chi connectivity index (χ0v) is 15.5. The predicted octanol–water partition coefficient (Wildman–Crippen LogP) is 2.34. The number of carbonyl (C=O) groups is 3. The van der Waals surface area contributed by atoms with Crippen molar-refractivity contribution in [3.63, 3.8) is 0 Å². The van der Waals surface area contributed by atoms with Gasteiger partial charge in [-0.2, -0.15) is 0 Å². The lowest BCUT2D eigenvalue weighted by molar-refractivity contribution is -0.148. The molecular weight excluding hydrogens is 347 g/mol. The standard InChI is InChI=1S/C17H23FN2O4S/c1-11(16(23)24-9-14(21)20-17(2,3)4)25-10-15(22)19-13-7-5-12(18)6-8-13/h5-8,11H,9-10H2,1-4H3,(H,19,22)(H,20,21)/t11-/m1/s1. The molecule has 8 heteroatoms. The average Bonchev–Trinajstić information content (AvgIpc) is 2.51. The molecule has 2 amide bonds. The van der Waals surface area contributed by atoms with Crippen molar-refractivity contribution < 1.29 is 23.5 Å². The number of amides is 2. The Morgan fingerprint density at radius 1 is 1.16 bits per heavy atom. The first-order valence-corrected chi connectivity index (χ1v) is 8.76. The SMILES string of the molecule is C[C@@H](SCC(=O)Nc1ccc(F)cc1)C(=O)OCC(=O)NC(C)(C)C. The molecule has 25 heavy (non-hydrogen) atoms. The zero-order valence-electron chi connectivity index (χ0n) is 14.7. The third-order valence-corrected chi connectivity index (χ3v) is 3.91. The molecule has 0 radical (unpaired) electrons. The molecule has 0 aliphatic carbocycles. The van der Waals surface area contributed by atoms with E-state index in [1.165, 1.54) is 24.3 Å². The highest BCUT2D eigenvalue weighted by Crippen LogP contribution is 2.14. The van der Waals surface area contributed by atoms with E-state index in [1.807, 2.05) is 20.8 Å². The Morgan fingerprint density at radius 2 is 1.76 bits per heavy atom. The number of rotatable bonds is 7. The maximum Gasteiger partial charge on any atom is 0.319 e. The Labute approximate surface area is 150 Å². The fourth-order valence-corrected chi connectivity index (χ4v) is 2.39. The van der Waals surface area contributed by atoms with Gasteiger partial charge in [-0.3, -0.25) is 14.4 Å². The normalized spacial score (nSPS) is 12.2. The van der Waals surface area contributed by atoms with Crippen molar-refractivity contribution in [2.24, 2.45) is 0 Å². The van der Waals surface area contributed by atoms with E-state index in [4.69, 9.17) is 4.74 Å². The first-order valence-electron chi connectivity index (χ1n) is 7.71. The molecule has 138 valence electrons. The van der Waals surface area contributed by atoms with Crippen LogP contribution in [0.3, 0.4) is 0 Å². The van der Waals surface area contributed by atoms with Crippen LogP contribution >= 0.6 is 11.8 Å². The highest BCUT2D eigenvalue weighted by Gasteiger charge is 2.19. The van der Waals surface area contributed by atoms with Crippen molar-refractivity contribution in [1.82, 2.24) is 5.32 Å². The fraction of sp³-hybridized carbons (Fsp3) is 0.471. The van der Waals surface area contributed by atoms with Crippen LogP contribution in [0.25, 0.3) is 0 Å². The van der Waals surface area contributed by atoms with E-state index in [0.29, 0.717) is 5.69 Å². The Morgan fingerprint density at radius 3 is 2.32 bits per heavy atom. The quantitative estimate of drug-likeness (QED) is 0.720. The topological polar surface area (TPSA) is 84.5 Å². The minimum atomic E-state index is -0.596. The number of benzene rings is 1. The number of hydrogen-bond donors (Lipinski definition) is 2. The molecule has 0 saturated carbocycles. The molecule has 1 rings (SSSR count). The van der Waals surface area contributed by atoms with Crippen molar-refractivity contribution >= 4 is 35.2 Å². The second kappa shape index (κ2) is 9.41. The lowest BCUT2D eigenvalue weighted by Gasteiger charge is -2.20. The fourth-order valence-electron chi connectivity index (χ4n) is 1.71. The molecule has 0 fully saturated rings. The highest BCUT2D eigenvalue weighted by atomic mass is 32.2. The van der Waals surface area contributed by atoms with Gasteiger partial charge in [0.1, 0.15) is 11.1 Å². The van der Waals surface area contributed by atoms with Gasteiger partial charge in [0, 0.05) is 11.2 Å². The van der Waals surface area contributed by atoms with Gasteiger partial charge in [-0.25, -0.2) is 4.39 Å². The van der Waals surface area contributed by atoms with Crippen molar-refractivity contribution in [3.05, 3.63) is 30.1 Å². The zero-order chi connectivity index (χ0) is 19.0. The van der Waals surface area contributed by atoms with Crippen LogP contribution in [0.15, 0.2) is 24.3 Å². The number of nitrogens with one attached hydrogen (secondary N) is 2. The van der Waals surface area contributed by atoms with E-state index in [9.17, 15) is 18.8 Å². The summed E-state index contributed by atoms with van der Waals surface area (Å²) in [6.45, 7) is 6.71. The molecular formula is C17H23FN2O4S. The molecule has 0 aromatic heterocycles. The summed E-state index contributed by atoms with van der Waals surface area (Å²) >= 11 is 1.09. The van der Waals surface area contributed by atoms with E-state index in [1.54, 1.807) is 6.92 Å². The monoisotopic (exact) mass is 370 g/mol. The van der Waals surface area contributed by atoms with E-state index >= 15 is 0 Å². The van der Waals surface area contributed by atoms with Crippen molar-refractivity contribution in [2.45, 2.75) is 38.5 Å². The maximum atomic E-state index is 12.8. The van der Waals surface area contributed by atoms with Gasteiger partial charge in [-0.1, -0.05) is 0 Å². The van der Waals surface area contributed by atoms with Crippen molar-refractivity contribution in [2.75, 3.05) is 17.7 Å². The van der Waals surface area contributed by atoms with E-state index < -0.39 is 16.8 Å². The largest absolute Gasteiger partial charge is 0.455 e.